The first-order chi connectivity index (χ1) is 9.24. The van der Waals surface area contributed by atoms with Crippen LogP contribution >= 0.6 is 15.9 Å². The molecule has 0 saturated carbocycles. The molecule has 0 atom stereocenters. The van der Waals surface area contributed by atoms with Crippen LogP contribution in [0.15, 0.2) is 46.9 Å². The number of hydrogen-bond acceptors (Lipinski definition) is 2. The molecule has 0 bridgehead atoms. The first kappa shape index (κ1) is 12.4. The lowest BCUT2D eigenvalue weighted by Gasteiger charge is -2.06. The Morgan fingerprint density at radius 2 is 2.05 bits per heavy atom. The summed E-state index contributed by atoms with van der Waals surface area (Å²) in [6.07, 6.45) is 1.44. The van der Waals surface area contributed by atoms with Crippen LogP contribution < -0.4 is 5.32 Å². The normalized spacial score (nSPS) is 12.9. The third kappa shape index (κ3) is 2.56. The highest BCUT2D eigenvalue weighted by Gasteiger charge is 2.14. The molecule has 0 radical (unpaired) electrons. The molecule has 2 nitrogen and oxygen atoms in total. The van der Waals surface area contributed by atoms with Crippen molar-refractivity contribution < 1.29 is 4.79 Å². The summed E-state index contributed by atoms with van der Waals surface area (Å²) in [4.78, 5) is 12.3. The number of benzene rings is 2. The van der Waals surface area contributed by atoms with Crippen LogP contribution in [-0.4, -0.2) is 12.3 Å². The van der Waals surface area contributed by atoms with Crippen molar-refractivity contribution in [3.8, 4) is 0 Å². The quantitative estimate of drug-likeness (QED) is 0.872. The average molecular weight is 316 g/mol. The SMILES string of the molecule is O=C(Cc1ccccc1Br)c1ccc2c(c1)CCN2. The highest BCUT2D eigenvalue weighted by atomic mass is 79.9. The van der Waals surface area contributed by atoms with Crippen LogP contribution in [0.5, 0.6) is 0 Å². The summed E-state index contributed by atoms with van der Waals surface area (Å²) in [5.41, 5.74) is 4.25. The van der Waals surface area contributed by atoms with E-state index in [0.717, 1.165) is 34.3 Å². The maximum Gasteiger partial charge on any atom is 0.167 e. The Morgan fingerprint density at radius 1 is 1.21 bits per heavy atom. The summed E-state index contributed by atoms with van der Waals surface area (Å²) in [7, 11) is 0. The number of nitrogens with one attached hydrogen (secondary N) is 1. The molecule has 1 N–H and O–H groups in total. The summed E-state index contributed by atoms with van der Waals surface area (Å²) in [6, 6.07) is 13.8. The van der Waals surface area contributed by atoms with Crippen molar-refractivity contribution in [3.63, 3.8) is 0 Å². The van der Waals surface area contributed by atoms with Gasteiger partial charge in [-0.15, -0.1) is 0 Å². The Morgan fingerprint density at radius 3 is 2.89 bits per heavy atom. The molecule has 0 saturated heterocycles. The molecule has 1 aliphatic heterocycles. The molecule has 0 unspecified atom stereocenters. The molecule has 3 rings (SSSR count). The lowest BCUT2D eigenvalue weighted by atomic mass is 10.0. The Labute approximate surface area is 121 Å². The molecule has 1 aliphatic rings. The number of ketones is 1. The predicted molar refractivity (Wildman–Crippen MR) is 80.8 cm³/mol. The predicted octanol–water partition coefficient (Wildman–Crippen LogP) is 3.84. The summed E-state index contributed by atoms with van der Waals surface area (Å²) >= 11 is 3.48. The second-order valence-corrected chi connectivity index (χ2v) is 5.59. The molecule has 0 aromatic heterocycles. The minimum atomic E-state index is 0.168. The number of fused-ring (bicyclic) bond motifs is 1. The molecule has 0 amide bonds. The molecule has 0 aliphatic carbocycles. The maximum atomic E-state index is 12.3. The molecule has 2 aromatic carbocycles. The molecular weight excluding hydrogens is 302 g/mol. The number of Topliss-reactive ketones (excluding diaryl/α,β-unsaturated/α-hetero) is 1. The van der Waals surface area contributed by atoms with Gasteiger partial charge in [0, 0.05) is 28.7 Å². The zero-order valence-electron chi connectivity index (χ0n) is 10.4. The molecule has 3 heteroatoms. The first-order valence-corrected chi connectivity index (χ1v) is 7.17. The highest BCUT2D eigenvalue weighted by Crippen LogP contribution is 2.24. The van der Waals surface area contributed by atoms with Crippen LogP contribution in [0.25, 0.3) is 0 Å². The molecular formula is C16H14BrNO. The van der Waals surface area contributed by atoms with E-state index in [1.807, 2.05) is 42.5 Å². The van der Waals surface area contributed by atoms with Crippen LogP contribution in [0.3, 0.4) is 0 Å². The van der Waals surface area contributed by atoms with Gasteiger partial charge in [0.15, 0.2) is 5.78 Å². The monoisotopic (exact) mass is 315 g/mol. The van der Waals surface area contributed by atoms with Crippen molar-refractivity contribution in [1.82, 2.24) is 0 Å². The first-order valence-electron chi connectivity index (χ1n) is 6.37. The average Bonchev–Trinajstić information content (AvgIpc) is 2.88. The van der Waals surface area contributed by atoms with Crippen LogP contribution in [0, 0.1) is 0 Å². The zero-order valence-corrected chi connectivity index (χ0v) is 12.0. The van der Waals surface area contributed by atoms with E-state index in [0.29, 0.717) is 6.42 Å². The van der Waals surface area contributed by atoms with Gasteiger partial charge in [-0.05, 0) is 41.8 Å². The van der Waals surface area contributed by atoms with Gasteiger partial charge in [-0.25, -0.2) is 0 Å². The summed E-state index contributed by atoms with van der Waals surface area (Å²) in [6.45, 7) is 0.969. The van der Waals surface area contributed by atoms with Crippen molar-refractivity contribution in [1.29, 1.82) is 0 Å². The van der Waals surface area contributed by atoms with Gasteiger partial charge in [0.25, 0.3) is 0 Å². The second kappa shape index (κ2) is 5.17. The van der Waals surface area contributed by atoms with E-state index in [4.69, 9.17) is 0 Å². The molecule has 96 valence electrons. The van der Waals surface area contributed by atoms with Gasteiger partial charge in [0.05, 0.1) is 0 Å². The fourth-order valence-electron chi connectivity index (χ4n) is 2.40. The van der Waals surface area contributed by atoms with Gasteiger partial charge in [-0.3, -0.25) is 4.79 Å². The Balaban J connectivity index is 1.83. The number of hydrogen-bond donors (Lipinski definition) is 1. The van der Waals surface area contributed by atoms with Crippen molar-refractivity contribution in [2.75, 3.05) is 11.9 Å². The Hall–Kier alpha value is -1.61. The summed E-state index contributed by atoms with van der Waals surface area (Å²) < 4.78 is 0.992. The largest absolute Gasteiger partial charge is 0.384 e. The molecule has 0 spiro atoms. The molecule has 19 heavy (non-hydrogen) atoms. The molecule has 2 aromatic rings. The van der Waals surface area contributed by atoms with Gasteiger partial charge in [0.1, 0.15) is 0 Å². The van der Waals surface area contributed by atoms with E-state index in [1.54, 1.807) is 0 Å². The molecule has 1 heterocycles. The van der Waals surface area contributed by atoms with Crippen molar-refractivity contribution in [3.05, 3.63) is 63.6 Å². The maximum absolute atomic E-state index is 12.3. The number of carbonyl (C=O) groups excluding carboxylic acids is 1. The number of rotatable bonds is 3. The fourth-order valence-corrected chi connectivity index (χ4v) is 2.82. The minimum Gasteiger partial charge on any atom is -0.384 e. The van der Waals surface area contributed by atoms with Crippen molar-refractivity contribution in [2.45, 2.75) is 12.8 Å². The summed E-state index contributed by atoms with van der Waals surface area (Å²) in [5, 5.41) is 3.31. The topological polar surface area (TPSA) is 29.1 Å². The lowest BCUT2D eigenvalue weighted by molar-refractivity contribution is 0.0993. The zero-order chi connectivity index (χ0) is 13.2. The van der Waals surface area contributed by atoms with E-state index < -0.39 is 0 Å². The van der Waals surface area contributed by atoms with Gasteiger partial charge in [-0.2, -0.15) is 0 Å². The van der Waals surface area contributed by atoms with Crippen LogP contribution in [-0.2, 0) is 12.8 Å². The van der Waals surface area contributed by atoms with Gasteiger partial charge < -0.3 is 5.32 Å². The van der Waals surface area contributed by atoms with Crippen LogP contribution in [0.4, 0.5) is 5.69 Å². The molecule has 0 fully saturated rings. The number of halogens is 1. The third-order valence-electron chi connectivity index (χ3n) is 3.45. The minimum absolute atomic E-state index is 0.168. The Bertz CT molecular complexity index is 636. The number of carbonyl (C=O) groups is 1. The van der Waals surface area contributed by atoms with Crippen molar-refractivity contribution >= 4 is 27.4 Å². The van der Waals surface area contributed by atoms with Gasteiger partial charge in [0.2, 0.25) is 0 Å². The highest BCUT2D eigenvalue weighted by molar-refractivity contribution is 9.10. The fraction of sp³-hybridized carbons (Fsp3) is 0.188. The van der Waals surface area contributed by atoms with E-state index in [1.165, 1.54) is 5.56 Å². The third-order valence-corrected chi connectivity index (χ3v) is 4.22. The smallest absolute Gasteiger partial charge is 0.167 e. The summed E-state index contributed by atoms with van der Waals surface area (Å²) in [5.74, 6) is 0.168. The van der Waals surface area contributed by atoms with Crippen LogP contribution in [0.2, 0.25) is 0 Å². The Kier molecular flexibility index (Phi) is 3.38. The number of anilines is 1. The van der Waals surface area contributed by atoms with Gasteiger partial charge in [-0.1, -0.05) is 34.1 Å². The van der Waals surface area contributed by atoms with E-state index >= 15 is 0 Å². The standard InChI is InChI=1S/C16H14BrNO/c17-14-4-2-1-3-11(14)10-16(19)13-5-6-15-12(9-13)7-8-18-15/h1-6,9,18H,7-8,10H2. The van der Waals surface area contributed by atoms with E-state index in [9.17, 15) is 4.79 Å². The lowest BCUT2D eigenvalue weighted by Crippen LogP contribution is -2.04. The second-order valence-electron chi connectivity index (χ2n) is 4.74. The van der Waals surface area contributed by atoms with E-state index in [2.05, 4.69) is 21.2 Å². The van der Waals surface area contributed by atoms with E-state index in [-0.39, 0.29) is 5.78 Å². The van der Waals surface area contributed by atoms with Crippen LogP contribution in [0.1, 0.15) is 21.5 Å². The van der Waals surface area contributed by atoms with Crippen molar-refractivity contribution in [2.24, 2.45) is 0 Å². The van der Waals surface area contributed by atoms with Gasteiger partial charge >= 0.3 is 0 Å².